The fourth-order valence-electron chi connectivity index (χ4n) is 1.98. The van der Waals surface area contributed by atoms with E-state index in [1.54, 1.807) is 6.07 Å². The summed E-state index contributed by atoms with van der Waals surface area (Å²) in [4.78, 5) is 4.41. The maximum absolute atomic E-state index is 13.1. The number of hydrogen-bond donors (Lipinski definition) is 1. The summed E-state index contributed by atoms with van der Waals surface area (Å²) in [5, 5.41) is 3.25. The predicted octanol–water partition coefficient (Wildman–Crippen LogP) is 3.79. The molecule has 19 heavy (non-hydrogen) atoms. The van der Waals surface area contributed by atoms with Gasteiger partial charge in [0.25, 0.3) is 0 Å². The monoisotopic (exact) mass is 322 g/mol. The van der Waals surface area contributed by atoms with Gasteiger partial charge in [-0.15, -0.1) is 0 Å². The summed E-state index contributed by atoms with van der Waals surface area (Å²) in [7, 11) is 1.90. The number of aryl methyl sites for hydroxylation is 1. The molecule has 0 amide bonds. The Kier molecular flexibility index (Phi) is 4.66. The van der Waals surface area contributed by atoms with Gasteiger partial charge in [-0.3, -0.25) is 4.98 Å². The Morgan fingerprint density at radius 2 is 2.11 bits per heavy atom. The molecule has 1 N–H and O–H groups in total. The number of nitrogens with zero attached hydrogens (tertiary/aromatic N) is 1. The summed E-state index contributed by atoms with van der Waals surface area (Å²) in [6.45, 7) is 2.02. The van der Waals surface area contributed by atoms with Gasteiger partial charge in [0.05, 0.1) is 0 Å². The summed E-state index contributed by atoms with van der Waals surface area (Å²) < 4.78 is 13.9. The van der Waals surface area contributed by atoms with Crippen LogP contribution in [0.1, 0.15) is 22.9 Å². The zero-order chi connectivity index (χ0) is 13.8. The molecule has 0 fully saturated rings. The second kappa shape index (κ2) is 6.26. The van der Waals surface area contributed by atoms with Crippen LogP contribution in [-0.4, -0.2) is 12.0 Å². The molecule has 1 aromatic carbocycles. The van der Waals surface area contributed by atoms with Crippen molar-refractivity contribution in [3.63, 3.8) is 0 Å². The van der Waals surface area contributed by atoms with Crippen LogP contribution in [0, 0.1) is 12.7 Å². The summed E-state index contributed by atoms with van der Waals surface area (Å²) in [6.07, 6.45) is 2.63. The van der Waals surface area contributed by atoms with Gasteiger partial charge in [0.2, 0.25) is 0 Å². The van der Waals surface area contributed by atoms with Crippen LogP contribution >= 0.6 is 15.9 Å². The third-order valence-electron chi connectivity index (χ3n) is 3.07. The fourth-order valence-corrected chi connectivity index (χ4v) is 2.61. The van der Waals surface area contributed by atoms with E-state index < -0.39 is 0 Å². The molecule has 2 aromatic rings. The third-order valence-corrected chi connectivity index (χ3v) is 3.76. The zero-order valence-corrected chi connectivity index (χ0v) is 12.5. The molecule has 0 aliphatic carbocycles. The molecule has 1 aromatic heterocycles. The molecule has 4 heteroatoms. The molecule has 2 rings (SSSR count). The first-order chi connectivity index (χ1) is 9.10. The summed E-state index contributed by atoms with van der Waals surface area (Å²) in [5.74, 6) is -0.237. The number of nitrogens with one attached hydrogen (secondary N) is 1. The molecular formula is C15H16BrFN2. The molecule has 1 heterocycles. The smallest absolute Gasteiger partial charge is 0.124 e. The van der Waals surface area contributed by atoms with Crippen molar-refractivity contribution in [2.45, 2.75) is 19.4 Å². The molecule has 0 spiro atoms. The van der Waals surface area contributed by atoms with Gasteiger partial charge >= 0.3 is 0 Å². The molecule has 0 bridgehead atoms. The average molecular weight is 323 g/mol. The maximum atomic E-state index is 13.1. The van der Waals surface area contributed by atoms with Gasteiger partial charge in [-0.1, -0.05) is 28.1 Å². The summed E-state index contributed by atoms with van der Waals surface area (Å²) >= 11 is 3.41. The first-order valence-corrected chi connectivity index (χ1v) is 6.93. The van der Waals surface area contributed by atoms with Crippen LogP contribution in [0.15, 0.2) is 41.0 Å². The summed E-state index contributed by atoms with van der Waals surface area (Å²) in [6, 6.07) is 8.95. The Morgan fingerprint density at radius 1 is 1.32 bits per heavy atom. The molecule has 0 radical (unpaired) electrons. The number of aromatic nitrogens is 1. The Balaban J connectivity index is 2.22. The van der Waals surface area contributed by atoms with E-state index >= 15 is 0 Å². The second-order valence-electron chi connectivity index (χ2n) is 4.54. The molecule has 1 unspecified atom stereocenters. The number of halogens is 2. The highest BCUT2D eigenvalue weighted by Crippen LogP contribution is 2.26. The lowest BCUT2D eigenvalue weighted by Crippen LogP contribution is -2.19. The van der Waals surface area contributed by atoms with Crippen molar-refractivity contribution in [1.82, 2.24) is 10.3 Å². The number of rotatable bonds is 4. The van der Waals surface area contributed by atoms with Gasteiger partial charge in [-0.2, -0.15) is 0 Å². The van der Waals surface area contributed by atoms with Crippen LogP contribution in [0.3, 0.4) is 0 Å². The molecule has 0 aliphatic heterocycles. The van der Waals surface area contributed by atoms with E-state index in [1.807, 2.05) is 26.2 Å². The van der Waals surface area contributed by atoms with Crippen LogP contribution in [0.4, 0.5) is 4.39 Å². The van der Waals surface area contributed by atoms with Gasteiger partial charge in [0.15, 0.2) is 0 Å². The zero-order valence-electron chi connectivity index (χ0n) is 11.0. The Hall–Kier alpha value is -1.26. The minimum Gasteiger partial charge on any atom is -0.313 e. The van der Waals surface area contributed by atoms with Gasteiger partial charge in [0, 0.05) is 28.8 Å². The van der Waals surface area contributed by atoms with Gasteiger partial charge < -0.3 is 5.32 Å². The standard InChI is InChI=1S/C15H16BrFN2/c1-10-3-5-12(19-9-10)8-15(18-2)13-6-4-11(17)7-14(13)16/h3-7,9,15,18H,8H2,1-2H3. The highest BCUT2D eigenvalue weighted by Gasteiger charge is 2.14. The van der Waals surface area contributed by atoms with Crippen molar-refractivity contribution >= 4 is 15.9 Å². The minimum absolute atomic E-state index is 0.102. The van der Waals surface area contributed by atoms with Crippen LogP contribution in [0.5, 0.6) is 0 Å². The van der Waals surface area contributed by atoms with Crippen molar-refractivity contribution < 1.29 is 4.39 Å². The average Bonchev–Trinajstić information content (AvgIpc) is 2.39. The Morgan fingerprint density at radius 3 is 2.68 bits per heavy atom. The SMILES string of the molecule is CNC(Cc1ccc(C)cn1)c1ccc(F)cc1Br. The number of benzene rings is 1. The fraction of sp³-hybridized carbons (Fsp3) is 0.267. The van der Waals surface area contributed by atoms with E-state index in [9.17, 15) is 4.39 Å². The van der Waals surface area contributed by atoms with Crippen LogP contribution < -0.4 is 5.32 Å². The maximum Gasteiger partial charge on any atom is 0.124 e. The van der Waals surface area contributed by atoms with Crippen LogP contribution in [0.25, 0.3) is 0 Å². The molecule has 2 nitrogen and oxygen atoms in total. The molecule has 0 aliphatic rings. The second-order valence-corrected chi connectivity index (χ2v) is 5.39. The number of likely N-dealkylation sites (N-methyl/N-ethyl adjacent to an activating group) is 1. The molecule has 0 saturated heterocycles. The largest absolute Gasteiger partial charge is 0.313 e. The van der Waals surface area contributed by atoms with Crippen molar-refractivity contribution in [3.8, 4) is 0 Å². The minimum atomic E-state index is -0.237. The highest BCUT2D eigenvalue weighted by atomic mass is 79.9. The lowest BCUT2D eigenvalue weighted by molar-refractivity contribution is 0.576. The molecule has 1 atom stereocenters. The van der Waals surface area contributed by atoms with Gasteiger partial charge in [-0.05, 0) is 43.3 Å². The molecule has 0 saturated carbocycles. The van der Waals surface area contributed by atoms with Crippen molar-refractivity contribution in [2.24, 2.45) is 0 Å². The van der Waals surface area contributed by atoms with E-state index in [1.165, 1.54) is 12.1 Å². The van der Waals surface area contributed by atoms with E-state index in [0.29, 0.717) is 0 Å². The Labute approximate surface area is 121 Å². The van der Waals surface area contributed by atoms with E-state index in [-0.39, 0.29) is 11.9 Å². The van der Waals surface area contributed by atoms with Crippen molar-refractivity contribution in [2.75, 3.05) is 7.05 Å². The quantitative estimate of drug-likeness (QED) is 0.926. The van der Waals surface area contributed by atoms with Crippen LogP contribution in [-0.2, 0) is 6.42 Å². The number of pyridine rings is 1. The third kappa shape index (κ3) is 3.61. The lowest BCUT2D eigenvalue weighted by Gasteiger charge is -2.18. The van der Waals surface area contributed by atoms with Gasteiger partial charge in [0.1, 0.15) is 5.82 Å². The van der Waals surface area contributed by atoms with Crippen molar-refractivity contribution in [3.05, 3.63) is 63.6 Å². The first kappa shape index (κ1) is 14.2. The van der Waals surface area contributed by atoms with Crippen molar-refractivity contribution in [1.29, 1.82) is 0 Å². The molecular weight excluding hydrogens is 307 g/mol. The Bertz CT molecular complexity index is 555. The first-order valence-electron chi connectivity index (χ1n) is 6.14. The molecule has 100 valence electrons. The number of hydrogen-bond acceptors (Lipinski definition) is 2. The van der Waals surface area contributed by atoms with Gasteiger partial charge in [-0.25, -0.2) is 4.39 Å². The lowest BCUT2D eigenvalue weighted by atomic mass is 10.0. The van der Waals surface area contributed by atoms with E-state index in [2.05, 4.69) is 32.3 Å². The normalized spacial score (nSPS) is 12.4. The van der Waals surface area contributed by atoms with E-state index in [4.69, 9.17) is 0 Å². The summed E-state index contributed by atoms with van der Waals surface area (Å²) in [5.41, 5.74) is 3.19. The topological polar surface area (TPSA) is 24.9 Å². The van der Waals surface area contributed by atoms with Crippen LogP contribution in [0.2, 0.25) is 0 Å². The van der Waals surface area contributed by atoms with E-state index in [0.717, 1.165) is 27.7 Å². The highest BCUT2D eigenvalue weighted by molar-refractivity contribution is 9.10. The predicted molar refractivity (Wildman–Crippen MR) is 78.6 cm³/mol.